The van der Waals surface area contributed by atoms with Gasteiger partial charge in [0.05, 0.1) is 11.0 Å². The Morgan fingerprint density at radius 1 is 1.26 bits per heavy atom. The second-order valence-electron chi connectivity index (χ2n) is 5.97. The fourth-order valence-corrected chi connectivity index (χ4v) is 3.85. The van der Waals surface area contributed by atoms with Crippen molar-refractivity contribution in [2.75, 3.05) is 13.1 Å². The normalized spacial score (nSPS) is 17.7. The van der Waals surface area contributed by atoms with Gasteiger partial charge in [0.15, 0.2) is 0 Å². The van der Waals surface area contributed by atoms with Gasteiger partial charge in [-0.2, -0.15) is 0 Å². The lowest BCUT2D eigenvalue weighted by atomic mass is 9.96. The minimum atomic E-state index is 0.0633. The lowest BCUT2D eigenvalue weighted by Crippen LogP contribution is -2.29. The highest BCUT2D eigenvalue weighted by Gasteiger charge is 2.28. The Morgan fingerprint density at radius 2 is 2.22 bits per heavy atom. The number of aromatic nitrogens is 2. The van der Waals surface area contributed by atoms with Crippen LogP contribution in [-0.2, 0) is 6.42 Å². The fraction of sp³-hybridized carbons (Fsp3) is 0.278. The first-order chi connectivity index (χ1) is 11.3. The molecule has 5 heteroatoms. The van der Waals surface area contributed by atoms with E-state index in [4.69, 9.17) is 0 Å². The summed E-state index contributed by atoms with van der Waals surface area (Å²) in [6.07, 6.45) is 3.87. The Bertz CT molecular complexity index is 826. The van der Waals surface area contributed by atoms with E-state index in [1.54, 1.807) is 5.51 Å². The van der Waals surface area contributed by atoms with Gasteiger partial charge in [-0.25, -0.2) is 4.98 Å². The van der Waals surface area contributed by atoms with Gasteiger partial charge in [0.1, 0.15) is 5.69 Å². The van der Waals surface area contributed by atoms with Crippen molar-refractivity contribution in [2.45, 2.75) is 12.8 Å². The molecule has 1 aliphatic rings. The zero-order chi connectivity index (χ0) is 15.6. The smallest absolute Gasteiger partial charge is 0.273 e. The molecular formula is C18H17N3OS. The van der Waals surface area contributed by atoms with Gasteiger partial charge in [0, 0.05) is 30.1 Å². The number of carbonyl (C=O) groups excluding carboxylic acids is 1. The molecule has 1 fully saturated rings. The molecule has 0 saturated carbocycles. The van der Waals surface area contributed by atoms with E-state index >= 15 is 0 Å². The monoisotopic (exact) mass is 323 g/mol. The first kappa shape index (κ1) is 14.3. The number of nitrogens with zero attached hydrogens (tertiary/aromatic N) is 3. The summed E-state index contributed by atoms with van der Waals surface area (Å²) in [6, 6.07) is 10.4. The highest BCUT2D eigenvalue weighted by molar-refractivity contribution is 7.07. The zero-order valence-corrected chi connectivity index (χ0v) is 13.5. The molecule has 1 atom stereocenters. The molecule has 1 aromatic carbocycles. The van der Waals surface area contributed by atoms with Gasteiger partial charge in [0.2, 0.25) is 0 Å². The van der Waals surface area contributed by atoms with Crippen LogP contribution in [0.4, 0.5) is 0 Å². The molecule has 0 aliphatic carbocycles. The average Bonchev–Trinajstić information content (AvgIpc) is 3.27. The highest BCUT2D eigenvalue weighted by Crippen LogP contribution is 2.26. The summed E-state index contributed by atoms with van der Waals surface area (Å²) >= 11 is 1.47. The third-order valence-electron chi connectivity index (χ3n) is 4.47. The van der Waals surface area contributed by atoms with E-state index in [0.29, 0.717) is 11.6 Å². The molecule has 1 amide bonds. The van der Waals surface area contributed by atoms with Crippen LogP contribution in [0.25, 0.3) is 10.9 Å². The van der Waals surface area contributed by atoms with Crippen molar-refractivity contribution < 1.29 is 4.79 Å². The van der Waals surface area contributed by atoms with Gasteiger partial charge in [-0.15, -0.1) is 11.3 Å². The van der Waals surface area contributed by atoms with Crippen LogP contribution in [0.15, 0.2) is 47.4 Å². The number of hydrogen-bond acceptors (Lipinski definition) is 4. The van der Waals surface area contributed by atoms with Gasteiger partial charge >= 0.3 is 0 Å². The van der Waals surface area contributed by atoms with E-state index in [0.717, 1.165) is 31.4 Å². The number of pyridine rings is 1. The van der Waals surface area contributed by atoms with E-state index in [9.17, 15) is 4.79 Å². The molecule has 0 bridgehead atoms. The number of likely N-dealkylation sites (tertiary alicyclic amines) is 1. The average molecular weight is 323 g/mol. The number of fused-ring (bicyclic) bond motifs is 1. The van der Waals surface area contributed by atoms with Crippen molar-refractivity contribution in [3.63, 3.8) is 0 Å². The lowest BCUT2D eigenvalue weighted by molar-refractivity contribution is 0.0782. The van der Waals surface area contributed by atoms with Gasteiger partial charge < -0.3 is 4.90 Å². The number of benzene rings is 1. The maximum atomic E-state index is 12.4. The van der Waals surface area contributed by atoms with Crippen molar-refractivity contribution in [3.05, 3.63) is 58.7 Å². The van der Waals surface area contributed by atoms with Crippen molar-refractivity contribution in [1.29, 1.82) is 0 Å². The molecule has 116 valence electrons. The van der Waals surface area contributed by atoms with Crippen LogP contribution in [0.5, 0.6) is 0 Å². The molecule has 0 spiro atoms. The van der Waals surface area contributed by atoms with E-state index in [1.807, 2.05) is 28.6 Å². The molecule has 4 nitrogen and oxygen atoms in total. The second kappa shape index (κ2) is 6.08. The van der Waals surface area contributed by atoms with E-state index in [-0.39, 0.29) is 5.91 Å². The van der Waals surface area contributed by atoms with Crippen molar-refractivity contribution in [1.82, 2.24) is 14.9 Å². The summed E-state index contributed by atoms with van der Waals surface area (Å²) in [6.45, 7) is 1.64. The molecule has 0 radical (unpaired) electrons. The van der Waals surface area contributed by atoms with Gasteiger partial charge in [-0.1, -0.05) is 18.2 Å². The maximum absolute atomic E-state index is 12.4. The van der Waals surface area contributed by atoms with Crippen molar-refractivity contribution in [2.24, 2.45) is 5.92 Å². The minimum absolute atomic E-state index is 0.0633. The molecule has 0 N–H and O–H groups in total. The topological polar surface area (TPSA) is 46.1 Å². The molecule has 1 aliphatic heterocycles. The lowest BCUT2D eigenvalue weighted by Gasteiger charge is -2.15. The molecule has 1 unspecified atom stereocenters. The first-order valence-corrected chi connectivity index (χ1v) is 8.75. The van der Waals surface area contributed by atoms with Gasteiger partial charge in [-0.3, -0.25) is 9.78 Å². The summed E-state index contributed by atoms with van der Waals surface area (Å²) in [4.78, 5) is 22.9. The Balaban J connectivity index is 1.49. The number of amides is 1. The van der Waals surface area contributed by atoms with Crippen LogP contribution in [-0.4, -0.2) is 33.9 Å². The van der Waals surface area contributed by atoms with Crippen molar-refractivity contribution >= 4 is 28.1 Å². The zero-order valence-electron chi connectivity index (χ0n) is 12.7. The van der Waals surface area contributed by atoms with E-state index < -0.39 is 0 Å². The Morgan fingerprint density at radius 3 is 3.09 bits per heavy atom. The second-order valence-corrected chi connectivity index (χ2v) is 6.69. The quantitative estimate of drug-likeness (QED) is 0.742. The summed E-state index contributed by atoms with van der Waals surface area (Å²) in [7, 11) is 0. The van der Waals surface area contributed by atoms with Crippen LogP contribution in [0, 0.1) is 5.92 Å². The largest absolute Gasteiger partial charge is 0.337 e. The van der Waals surface area contributed by atoms with Crippen LogP contribution >= 0.6 is 11.3 Å². The first-order valence-electron chi connectivity index (χ1n) is 7.81. The molecule has 3 aromatic rings. The maximum Gasteiger partial charge on any atom is 0.273 e. The minimum Gasteiger partial charge on any atom is -0.337 e. The third-order valence-corrected chi connectivity index (χ3v) is 5.06. The van der Waals surface area contributed by atoms with Crippen LogP contribution in [0.1, 0.15) is 22.5 Å². The predicted molar refractivity (Wildman–Crippen MR) is 91.6 cm³/mol. The van der Waals surface area contributed by atoms with E-state index in [2.05, 4.69) is 28.2 Å². The Labute approximate surface area is 138 Å². The van der Waals surface area contributed by atoms with Gasteiger partial charge in [0.25, 0.3) is 5.91 Å². The molecule has 2 aromatic heterocycles. The molecule has 1 saturated heterocycles. The Hall–Kier alpha value is -2.27. The summed E-state index contributed by atoms with van der Waals surface area (Å²) in [5.74, 6) is 0.566. The number of rotatable bonds is 3. The molecule has 4 rings (SSSR count). The summed E-state index contributed by atoms with van der Waals surface area (Å²) in [5, 5.41) is 3.05. The number of hydrogen-bond donors (Lipinski definition) is 0. The predicted octanol–water partition coefficient (Wildman–Crippen LogP) is 3.40. The van der Waals surface area contributed by atoms with Gasteiger partial charge in [-0.05, 0) is 36.5 Å². The highest BCUT2D eigenvalue weighted by atomic mass is 32.1. The SMILES string of the molecule is O=C(c1cscn1)N1CCC(Cc2cccc3ncccc23)C1. The van der Waals surface area contributed by atoms with E-state index in [1.165, 1.54) is 22.3 Å². The number of thiazole rings is 1. The summed E-state index contributed by atoms with van der Waals surface area (Å²) < 4.78 is 0. The third kappa shape index (κ3) is 2.84. The van der Waals surface area contributed by atoms with Crippen LogP contribution in [0.3, 0.4) is 0 Å². The van der Waals surface area contributed by atoms with Crippen LogP contribution in [0.2, 0.25) is 0 Å². The van der Waals surface area contributed by atoms with Crippen LogP contribution < -0.4 is 0 Å². The molecule has 3 heterocycles. The Kier molecular flexibility index (Phi) is 3.79. The standard InChI is InChI=1S/C18H17N3OS/c22-18(17-11-23-12-20-17)21-8-6-13(10-21)9-14-3-1-5-16-15(14)4-2-7-19-16/h1-5,7,11-13H,6,8-10H2. The summed E-state index contributed by atoms with van der Waals surface area (Å²) in [5.41, 5.74) is 4.65. The molecular weight excluding hydrogens is 306 g/mol. The number of carbonyl (C=O) groups is 1. The van der Waals surface area contributed by atoms with Crippen molar-refractivity contribution in [3.8, 4) is 0 Å². The fourth-order valence-electron chi connectivity index (χ4n) is 3.32. The molecule has 23 heavy (non-hydrogen) atoms.